The number of aromatic nitrogens is 2. The highest BCUT2D eigenvalue weighted by Crippen LogP contribution is 2.34. The van der Waals surface area contributed by atoms with Gasteiger partial charge in [0.2, 0.25) is 0 Å². The Morgan fingerprint density at radius 2 is 2.00 bits per heavy atom. The Hall–Kier alpha value is -3.29. The Kier molecular flexibility index (Phi) is 3.45. The van der Waals surface area contributed by atoms with E-state index in [4.69, 9.17) is 0 Å². The second kappa shape index (κ2) is 5.66. The van der Waals surface area contributed by atoms with E-state index in [2.05, 4.69) is 15.7 Å². The van der Waals surface area contributed by atoms with Crippen LogP contribution in [-0.4, -0.2) is 22.1 Å². The maximum absolute atomic E-state index is 13.7. The van der Waals surface area contributed by atoms with Gasteiger partial charge in [-0.3, -0.25) is 4.79 Å². The molecule has 1 aliphatic carbocycles. The molecule has 0 bridgehead atoms. The molecule has 2 aliphatic rings. The Morgan fingerprint density at radius 1 is 1.24 bits per heavy atom. The number of alkyl halides is 2. The van der Waals surface area contributed by atoms with Crippen molar-refractivity contribution in [1.29, 1.82) is 0 Å². The first-order valence-electron chi connectivity index (χ1n) is 7.38. The fraction of sp³-hybridized carbons (Fsp3) is 0.0588. The summed E-state index contributed by atoms with van der Waals surface area (Å²) in [5.41, 5.74) is 0.924. The molecule has 4 rings (SSSR count). The number of carbonyl (C=O) groups is 1. The van der Waals surface area contributed by atoms with Crippen molar-refractivity contribution in [3.8, 4) is 0 Å². The third kappa shape index (κ3) is 2.71. The molecule has 1 aromatic heterocycles. The Bertz CT molecular complexity index is 964. The van der Waals surface area contributed by atoms with E-state index in [1.807, 2.05) is 0 Å². The van der Waals surface area contributed by atoms with Crippen LogP contribution in [0.5, 0.6) is 0 Å². The van der Waals surface area contributed by atoms with E-state index in [9.17, 15) is 18.0 Å². The molecule has 2 heterocycles. The molecule has 0 atom stereocenters. The summed E-state index contributed by atoms with van der Waals surface area (Å²) in [5.74, 6) is -1.13. The van der Waals surface area contributed by atoms with E-state index >= 15 is 0 Å². The van der Waals surface area contributed by atoms with Crippen LogP contribution in [0.4, 0.5) is 24.7 Å². The lowest BCUT2D eigenvalue weighted by molar-refractivity contribution is 0.102. The fourth-order valence-corrected chi connectivity index (χ4v) is 2.49. The monoisotopic (exact) mass is 344 g/mol. The van der Waals surface area contributed by atoms with Gasteiger partial charge in [-0.25, -0.2) is 17.9 Å². The minimum Gasteiger partial charge on any atom is -0.339 e. The summed E-state index contributed by atoms with van der Waals surface area (Å²) >= 11 is 0. The number of rotatable bonds is 3. The Morgan fingerprint density at radius 3 is 2.68 bits per heavy atom. The third-order valence-electron chi connectivity index (χ3n) is 3.79. The predicted octanol–water partition coefficient (Wildman–Crippen LogP) is 3.63. The van der Waals surface area contributed by atoms with Crippen molar-refractivity contribution >= 4 is 23.1 Å². The number of hydrogen-bond donors (Lipinski definition) is 2. The number of amides is 1. The van der Waals surface area contributed by atoms with E-state index in [-0.39, 0.29) is 22.8 Å². The van der Waals surface area contributed by atoms with Crippen LogP contribution in [0.15, 0.2) is 60.0 Å². The molecule has 1 aromatic carbocycles. The van der Waals surface area contributed by atoms with Gasteiger partial charge in [0.25, 0.3) is 12.3 Å². The summed E-state index contributed by atoms with van der Waals surface area (Å²) in [5, 5.41) is 9.21. The average Bonchev–Trinajstić information content (AvgIpc) is 3.35. The molecule has 0 saturated heterocycles. The van der Waals surface area contributed by atoms with Crippen molar-refractivity contribution in [3.05, 3.63) is 71.3 Å². The molecule has 126 valence electrons. The number of anilines is 2. The van der Waals surface area contributed by atoms with Gasteiger partial charge in [-0.2, -0.15) is 5.10 Å². The first kappa shape index (κ1) is 15.3. The molecule has 25 heavy (non-hydrogen) atoms. The zero-order chi connectivity index (χ0) is 17.6. The molecule has 2 aromatic rings. The van der Waals surface area contributed by atoms with Crippen molar-refractivity contribution < 1.29 is 18.0 Å². The van der Waals surface area contributed by atoms with E-state index in [0.717, 1.165) is 10.3 Å². The van der Waals surface area contributed by atoms with Gasteiger partial charge < -0.3 is 10.6 Å². The van der Waals surface area contributed by atoms with Gasteiger partial charge in [-0.05, 0) is 23.8 Å². The van der Waals surface area contributed by atoms with Crippen LogP contribution in [0.3, 0.4) is 0 Å². The summed E-state index contributed by atoms with van der Waals surface area (Å²) in [6, 6.07) is 5.68. The van der Waals surface area contributed by atoms with E-state index in [1.54, 1.807) is 18.2 Å². The van der Waals surface area contributed by atoms with Crippen molar-refractivity contribution in [1.82, 2.24) is 9.78 Å². The lowest BCUT2D eigenvalue weighted by Crippen LogP contribution is -2.20. The van der Waals surface area contributed by atoms with E-state index in [1.165, 1.54) is 30.5 Å². The first-order valence-corrected chi connectivity index (χ1v) is 7.38. The molecule has 0 spiro atoms. The van der Waals surface area contributed by atoms with E-state index < -0.39 is 18.1 Å². The quantitative estimate of drug-likeness (QED) is 0.894. The first-order chi connectivity index (χ1) is 12.0. The second-order valence-electron chi connectivity index (χ2n) is 5.45. The normalized spacial score (nSPS) is 15.0. The maximum atomic E-state index is 13.7. The minimum atomic E-state index is -2.77. The molecule has 1 amide bonds. The number of hydrogen-bond acceptors (Lipinski definition) is 3. The van der Waals surface area contributed by atoms with Crippen molar-refractivity contribution in [3.63, 3.8) is 0 Å². The van der Waals surface area contributed by atoms with Crippen LogP contribution in [0.25, 0.3) is 5.70 Å². The molecule has 2 N–H and O–H groups in total. The SMILES string of the molecule is O=C(Nc1ccccc1F)c1cnn2c1NC(=C1C=C1)C=C2C(F)F. The van der Waals surface area contributed by atoms with Crippen LogP contribution < -0.4 is 10.6 Å². The van der Waals surface area contributed by atoms with Gasteiger partial charge in [-0.15, -0.1) is 0 Å². The van der Waals surface area contributed by atoms with Gasteiger partial charge in [0.1, 0.15) is 22.9 Å². The molecule has 5 nitrogen and oxygen atoms in total. The number of benzene rings is 1. The summed E-state index contributed by atoms with van der Waals surface area (Å²) < 4.78 is 41.3. The highest BCUT2D eigenvalue weighted by molar-refractivity contribution is 6.08. The summed E-state index contributed by atoms with van der Waals surface area (Å²) in [6.45, 7) is 0. The number of nitrogens with zero attached hydrogens (tertiary/aromatic N) is 2. The molecule has 0 unspecified atom stereocenters. The number of halogens is 3. The molecule has 8 heteroatoms. The largest absolute Gasteiger partial charge is 0.339 e. The summed E-state index contributed by atoms with van der Waals surface area (Å²) in [7, 11) is 0. The molecule has 1 aliphatic heterocycles. The lowest BCUT2D eigenvalue weighted by atomic mass is 10.2. The Labute approximate surface area is 140 Å². The highest BCUT2D eigenvalue weighted by atomic mass is 19.3. The smallest absolute Gasteiger partial charge is 0.280 e. The Balaban J connectivity index is 1.70. The van der Waals surface area contributed by atoms with Gasteiger partial charge in [0.05, 0.1) is 11.9 Å². The number of para-hydroxylation sites is 1. The van der Waals surface area contributed by atoms with Crippen LogP contribution in [0.2, 0.25) is 0 Å². The van der Waals surface area contributed by atoms with Crippen LogP contribution >= 0.6 is 0 Å². The molecule has 0 radical (unpaired) electrons. The molecular weight excluding hydrogens is 333 g/mol. The second-order valence-corrected chi connectivity index (χ2v) is 5.45. The zero-order valence-electron chi connectivity index (χ0n) is 12.6. The van der Waals surface area contributed by atoms with Gasteiger partial charge in [0, 0.05) is 5.70 Å². The molecule has 0 fully saturated rings. The predicted molar refractivity (Wildman–Crippen MR) is 86.6 cm³/mol. The van der Waals surface area contributed by atoms with Crippen molar-refractivity contribution in [2.45, 2.75) is 6.43 Å². The summed E-state index contributed by atoms with van der Waals surface area (Å²) in [6.07, 6.45) is 3.21. The lowest BCUT2D eigenvalue weighted by Gasteiger charge is -2.20. The number of allylic oxidation sites excluding steroid dienone is 5. The fourth-order valence-electron chi connectivity index (χ4n) is 2.49. The van der Waals surface area contributed by atoms with Gasteiger partial charge in [0.15, 0.2) is 0 Å². The topological polar surface area (TPSA) is 59.0 Å². The van der Waals surface area contributed by atoms with Crippen LogP contribution in [0.1, 0.15) is 10.4 Å². The zero-order valence-corrected chi connectivity index (χ0v) is 12.6. The number of fused-ring (bicyclic) bond motifs is 1. The molecule has 0 saturated carbocycles. The minimum absolute atomic E-state index is 0.00433. The van der Waals surface area contributed by atoms with E-state index in [0.29, 0.717) is 5.70 Å². The number of carbonyl (C=O) groups excluding carboxylic acids is 1. The maximum Gasteiger partial charge on any atom is 0.280 e. The average molecular weight is 344 g/mol. The third-order valence-corrected chi connectivity index (χ3v) is 3.79. The highest BCUT2D eigenvalue weighted by Gasteiger charge is 2.29. The van der Waals surface area contributed by atoms with Crippen molar-refractivity contribution in [2.75, 3.05) is 10.6 Å². The van der Waals surface area contributed by atoms with Crippen molar-refractivity contribution in [2.24, 2.45) is 0 Å². The van der Waals surface area contributed by atoms with Gasteiger partial charge >= 0.3 is 0 Å². The van der Waals surface area contributed by atoms with Gasteiger partial charge in [-0.1, -0.05) is 24.3 Å². The molecular formula is C17H11F3N4O. The van der Waals surface area contributed by atoms with Crippen LogP contribution in [-0.2, 0) is 0 Å². The number of nitrogens with one attached hydrogen (secondary N) is 2. The standard InChI is InChI=1S/C17H11F3N4O/c18-11-3-1-2-4-12(11)23-17(25)10-8-21-24-14(15(19)20)7-13(9-5-6-9)22-16(10)24/h1-8,15,22H,(H,23,25). The summed E-state index contributed by atoms with van der Waals surface area (Å²) in [4.78, 5) is 12.5. The van der Waals surface area contributed by atoms with Crippen LogP contribution in [0, 0.1) is 5.82 Å².